The molecule has 20 heavy (non-hydrogen) atoms. The molecule has 5 heteroatoms. The number of amides is 2. The van der Waals surface area contributed by atoms with E-state index in [1.807, 2.05) is 0 Å². The van der Waals surface area contributed by atoms with Crippen LogP contribution >= 0.6 is 0 Å². The van der Waals surface area contributed by atoms with E-state index in [1.165, 1.54) is 6.42 Å². The summed E-state index contributed by atoms with van der Waals surface area (Å²) >= 11 is 0. The first kappa shape index (κ1) is 15.1. The summed E-state index contributed by atoms with van der Waals surface area (Å²) in [6.07, 6.45) is 5.07. The minimum atomic E-state index is -0.824. The molecule has 0 bridgehead atoms. The highest BCUT2D eigenvalue weighted by Crippen LogP contribution is 2.29. The van der Waals surface area contributed by atoms with Crippen LogP contribution in [-0.2, 0) is 4.79 Å². The average molecular weight is 282 g/mol. The van der Waals surface area contributed by atoms with Gasteiger partial charge in [-0.1, -0.05) is 13.8 Å². The van der Waals surface area contributed by atoms with Gasteiger partial charge in [0.2, 0.25) is 0 Å². The molecule has 2 N–H and O–H groups in total. The van der Waals surface area contributed by atoms with Crippen LogP contribution < -0.4 is 5.32 Å². The predicted octanol–water partition coefficient (Wildman–Crippen LogP) is 2.46. The Balaban J connectivity index is 1.88. The number of rotatable bonds is 3. The number of carbonyl (C=O) groups is 2. The first-order valence-corrected chi connectivity index (χ1v) is 7.74. The SMILES string of the molecule is CC1CC(C)CC(NC(=O)N2CCCC2CC(=O)O)C1. The van der Waals surface area contributed by atoms with Gasteiger partial charge in [0, 0.05) is 18.6 Å². The molecule has 3 atom stereocenters. The summed E-state index contributed by atoms with van der Waals surface area (Å²) < 4.78 is 0. The van der Waals surface area contributed by atoms with Crippen LogP contribution in [0.2, 0.25) is 0 Å². The lowest BCUT2D eigenvalue weighted by Crippen LogP contribution is -2.49. The fourth-order valence-corrected chi connectivity index (χ4v) is 3.84. The lowest BCUT2D eigenvalue weighted by molar-refractivity contribution is -0.137. The molecular formula is C15H26N2O3. The standard InChI is InChI=1S/C15H26N2O3/c1-10-6-11(2)8-12(7-10)16-15(20)17-5-3-4-13(17)9-14(18)19/h10-13H,3-9H2,1-2H3,(H,16,20)(H,18,19). The summed E-state index contributed by atoms with van der Waals surface area (Å²) in [7, 11) is 0. The summed E-state index contributed by atoms with van der Waals surface area (Å²) in [5.41, 5.74) is 0. The van der Waals surface area contributed by atoms with Crippen molar-refractivity contribution >= 4 is 12.0 Å². The second kappa shape index (κ2) is 6.46. The molecular weight excluding hydrogens is 256 g/mol. The Hall–Kier alpha value is -1.26. The van der Waals surface area contributed by atoms with E-state index in [0.717, 1.165) is 25.7 Å². The third-order valence-corrected chi connectivity index (χ3v) is 4.55. The van der Waals surface area contributed by atoms with Crippen LogP contribution in [0.3, 0.4) is 0 Å². The molecule has 2 aliphatic rings. The van der Waals surface area contributed by atoms with Gasteiger partial charge in [-0.3, -0.25) is 4.79 Å². The zero-order chi connectivity index (χ0) is 14.7. The van der Waals surface area contributed by atoms with Crippen LogP contribution in [0.5, 0.6) is 0 Å². The van der Waals surface area contributed by atoms with E-state index in [4.69, 9.17) is 5.11 Å². The molecule has 0 radical (unpaired) electrons. The minimum absolute atomic E-state index is 0.0604. The number of nitrogens with zero attached hydrogens (tertiary/aromatic N) is 1. The van der Waals surface area contributed by atoms with Gasteiger partial charge < -0.3 is 15.3 Å². The highest BCUT2D eigenvalue weighted by molar-refractivity contribution is 5.76. The van der Waals surface area contributed by atoms with Crippen molar-refractivity contribution in [3.8, 4) is 0 Å². The van der Waals surface area contributed by atoms with E-state index in [2.05, 4.69) is 19.2 Å². The third-order valence-electron chi connectivity index (χ3n) is 4.55. The molecule has 1 aliphatic carbocycles. The summed E-state index contributed by atoms with van der Waals surface area (Å²) in [5, 5.41) is 12.0. The van der Waals surface area contributed by atoms with E-state index in [1.54, 1.807) is 4.90 Å². The number of aliphatic carboxylic acids is 1. The van der Waals surface area contributed by atoms with E-state index in [-0.39, 0.29) is 24.5 Å². The average Bonchev–Trinajstić information content (AvgIpc) is 2.74. The van der Waals surface area contributed by atoms with Crippen molar-refractivity contribution in [2.45, 2.75) is 64.5 Å². The molecule has 1 heterocycles. The number of hydrogen-bond acceptors (Lipinski definition) is 2. The first-order valence-electron chi connectivity index (χ1n) is 7.74. The third kappa shape index (κ3) is 3.87. The molecule has 1 saturated carbocycles. The van der Waals surface area contributed by atoms with E-state index in [0.29, 0.717) is 18.4 Å². The topological polar surface area (TPSA) is 69.6 Å². The molecule has 3 unspecified atom stereocenters. The van der Waals surface area contributed by atoms with Gasteiger partial charge in [0.1, 0.15) is 0 Å². The van der Waals surface area contributed by atoms with Gasteiger partial charge in [-0.15, -0.1) is 0 Å². The normalized spacial score (nSPS) is 34.0. The molecule has 2 amide bonds. The molecule has 5 nitrogen and oxygen atoms in total. The Morgan fingerprint density at radius 1 is 1.20 bits per heavy atom. The number of hydrogen-bond donors (Lipinski definition) is 2. The molecule has 0 spiro atoms. The number of likely N-dealkylation sites (tertiary alicyclic amines) is 1. The molecule has 0 aromatic rings. The van der Waals surface area contributed by atoms with Crippen molar-refractivity contribution in [1.29, 1.82) is 0 Å². The van der Waals surface area contributed by atoms with Crippen LogP contribution in [-0.4, -0.2) is 40.6 Å². The van der Waals surface area contributed by atoms with Crippen molar-refractivity contribution in [3.63, 3.8) is 0 Å². The molecule has 2 fully saturated rings. The molecule has 2 rings (SSSR count). The van der Waals surface area contributed by atoms with Crippen molar-refractivity contribution in [2.75, 3.05) is 6.54 Å². The Bertz CT molecular complexity index is 362. The number of carboxylic acids is 1. The maximum Gasteiger partial charge on any atom is 0.317 e. The Morgan fingerprint density at radius 2 is 1.85 bits per heavy atom. The molecule has 1 saturated heterocycles. The predicted molar refractivity (Wildman–Crippen MR) is 76.5 cm³/mol. The maximum atomic E-state index is 12.3. The Kier molecular flexibility index (Phi) is 4.89. The molecule has 114 valence electrons. The zero-order valence-corrected chi connectivity index (χ0v) is 12.5. The van der Waals surface area contributed by atoms with E-state index in [9.17, 15) is 9.59 Å². The van der Waals surface area contributed by atoms with Crippen molar-refractivity contribution in [1.82, 2.24) is 10.2 Å². The highest BCUT2D eigenvalue weighted by Gasteiger charge is 2.32. The van der Waals surface area contributed by atoms with E-state index < -0.39 is 5.97 Å². The van der Waals surface area contributed by atoms with Gasteiger partial charge >= 0.3 is 12.0 Å². The first-order chi connectivity index (χ1) is 9.45. The van der Waals surface area contributed by atoms with Crippen molar-refractivity contribution < 1.29 is 14.7 Å². The molecule has 0 aromatic heterocycles. The second-order valence-electron chi connectivity index (χ2n) is 6.65. The summed E-state index contributed by atoms with van der Waals surface area (Å²) in [5.74, 6) is 0.476. The smallest absolute Gasteiger partial charge is 0.317 e. The maximum absolute atomic E-state index is 12.3. The summed E-state index contributed by atoms with van der Waals surface area (Å²) in [4.78, 5) is 24.9. The fourth-order valence-electron chi connectivity index (χ4n) is 3.84. The van der Waals surface area contributed by atoms with Gasteiger partial charge in [0.15, 0.2) is 0 Å². The number of carbonyl (C=O) groups excluding carboxylic acids is 1. The highest BCUT2D eigenvalue weighted by atomic mass is 16.4. The summed E-state index contributed by atoms with van der Waals surface area (Å²) in [6, 6.07) is 0.0401. The number of urea groups is 1. The van der Waals surface area contributed by atoms with Crippen molar-refractivity contribution in [2.24, 2.45) is 11.8 Å². The lowest BCUT2D eigenvalue weighted by Gasteiger charge is -2.34. The number of nitrogens with one attached hydrogen (secondary N) is 1. The van der Waals surface area contributed by atoms with Gasteiger partial charge in [0.05, 0.1) is 6.42 Å². The quantitative estimate of drug-likeness (QED) is 0.835. The lowest BCUT2D eigenvalue weighted by atomic mass is 9.80. The largest absolute Gasteiger partial charge is 0.481 e. The number of carboxylic acid groups (broad SMARTS) is 1. The molecule has 1 aliphatic heterocycles. The van der Waals surface area contributed by atoms with Crippen LogP contribution in [0.15, 0.2) is 0 Å². The summed E-state index contributed by atoms with van der Waals surface area (Å²) in [6.45, 7) is 5.15. The fraction of sp³-hybridized carbons (Fsp3) is 0.867. The van der Waals surface area contributed by atoms with Crippen LogP contribution in [0.1, 0.15) is 52.4 Å². The van der Waals surface area contributed by atoms with Crippen LogP contribution in [0, 0.1) is 11.8 Å². The second-order valence-corrected chi connectivity index (χ2v) is 6.65. The van der Waals surface area contributed by atoms with Crippen LogP contribution in [0.4, 0.5) is 4.79 Å². The monoisotopic (exact) mass is 282 g/mol. The van der Waals surface area contributed by atoms with Crippen LogP contribution in [0.25, 0.3) is 0 Å². The van der Waals surface area contributed by atoms with Crippen molar-refractivity contribution in [3.05, 3.63) is 0 Å². The minimum Gasteiger partial charge on any atom is -0.481 e. The van der Waals surface area contributed by atoms with Gasteiger partial charge in [-0.05, 0) is 43.9 Å². The van der Waals surface area contributed by atoms with Gasteiger partial charge in [0.25, 0.3) is 0 Å². The molecule has 0 aromatic carbocycles. The Labute approximate surface area is 120 Å². The van der Waals surface area contributed by atoms with E-state index >= 15 is 0 Å². The van der Waals surface area contributed by atoms with Gasteiger partial charge in [-0.2, -0.15) is 0 Å². The van der Waals surface area contributed by atoms with Gasteiger partial charge in [-0.25, -0.2) is 4.79 Å². The Morgan fingerprint density at radius 3 is 2.45 bits per heavy atom. The zero-order valence-electron chi connectivity index (χ0n) is 12.5.